The summed E-state index contributed by atoms with van der Waals surface area (Å²) in [4.78, 5) is 12.0. The van der Waals surface area contributed by atoms with E-state index in [1.807, 2.05) is 0 Å². The SMILES string of the molecule is CCOC(=O)c1oc2ccc(S(=O)(=O)NCCc3cc(Br)ccc3F)cc2c1C. The summed E-state index contributed by atoms with van der Waals surface area (Å²) in [5.74, 6) is -0.941. The highest BCUT2D eigenvalue weighted by Gasteiger charge is 2.21. The van der Waals surface area contributed by atoms with Gasteiger partial charge in [0, 0.05) is 22.0 Å². The highest BCUT2D eigenvalue weighted by molar-refractivity contribution is 9.10. The molecule has 0 bridgehead atoms. The minimum atomic E-state index is -3.82. The van der Waals surface area contributed by atoms with Gasteiger partial charge in [-0.1, -0.05) is 15.9 Å². The maximum Gasteiger partial charge on any atom is 0.374 e. The molecule has 0 unspecified atom stereocenters. The van der Waals surface area contributed by atoms with E-state index in [2.05, 4.69) is 20.7 Å². The lowest BCUT2D eigenvalue weighted by Crippen LogP contribution is -2.26. The average Bonchev–Trinajstić information content (AvgIpc) is 3.01. The van der Waals surface area contributed by atoms with Crippen LogP contribution in [0.15, 0.2) is 50.2 Å². The van der Waals surface area contributed by atoms with E-state index >= 15 is 0 Å². The molecule has 0 atom stereocenters. The first-order chi connectivity index (χ1) is 13.7. The minimum Gasteiger partial charge on any atom is -0.460 e. The summed E-state index contributed by atoms with van der Waals surface area (Å²) >= 11 is 3.27. The second kappa shape index (κ2) is 8.64. The van der Waals surface area contributed by atoms with Crippen LogP contribution in [0.5, 0.6) is 0 Å². The molecule has 0 saturated carbocycles. The molecule has 2 aromatic carbocycles. The van der Waals surface area contributed by atoms with Gasteiger partial charge >= 0.3 is 5.97 Å². The minimum absolute atomic E-state index is 0.0269. The largest absolute Gasteiger partial charge is 0.460 e. The predicted molar refractivity (Wildman–Crippen MR) is 110 cm³/mol. The molecule has 0 aliphatic heterocycles. The molecule has 154 valence electrons. The molecule has 1 heterocycles. The monoisotopic (exact) mass is 483 g/mol. The molecular weight excluding hydrogens is 465 g/mol. The molecule has 9 heteroatoms. The number of nitrogens with one attached hydrogen (secondary N) is 1. The van der Waals surface area contributed by atoms with Gasteiger partial charge in [-0.3, -0.25) is 0 Å². The second-order valence-electron chi connectivity index (χ2n) is 6.32. The van der Waals surface area contributed by atoms with Crippen LogP contribution in [0, 0.1) is 12.7 Å². The maximum absolute atomic E-state index is 13.8. The third-order valence-corrected chi connectivity index (χ3v) is 6.32. The Hall–Kier alpha value is -2.23. The first-order valence-corrected chi connectivity index (χ1v) is 11.1. The lowest BCUT2D eigenvalue weighted by atomic mass is 10.1. The van der Waals surface area contributed by atoms with Crippen molar-refractivity contribution in [3.05, 3.63) is 63.6 Å². The zero-order valence-corrected chi connectivity index (χ0v) is 18.2. The highest BCUT2D eigenvalue weighted by atomic mass is 79.9. The number of benzene rings is 2. The molecule has 0 aliphatic rings. The Morgan fingerprint density at radius 3 is 2.72 bits per heavy atom. The van der Waals surface area contributed by atoms with Crippen LogP contribution >= 0.6 is 15.9 Å². The molecule has 6 nitrogen and oxygen atoms in total. The van der Waals surface area contributed by atoms with Crippen LogP contribution in [-0.4, -0.2) is 27.5 Å². The number of furan rings is 1. The molecule has 0 spiro atoms. The van der Waals surface area contributed by atoms with E-state index in [1.54, 1.807) is 26.0 Å². The van der Waals surface area contributed by atoms with Gasteiger partial charge in [0.15, 0.2) is 0 Å². The lowest BCUT2D eigenvalue weighted by molar-refractivity contribution is 0.0491. The van der Waals surface area contributed by atoms with E-state index in [1.165, 1.54) is 24.3 Å². The van der Waals surface area contributed by atoms with Gasteiger partial charge < -0.3 is 9.15 Å². The number of esters is 1. The van der Waals surface area contributed by atoms with Crippen molar-refractivity contribution < 1.29 is 26.8 Å². The van der Waals surface area contributed by atoms with Gasteiger partial charge in [0.05, 0.1) is 11.5 Å². The standard InChI is InChI=1S/C20H19BrFNO5S/c1-3-27-20(24)19-12(2)16-11-15(5-7-18(16)28-19)29(25,26)23-9-8-13-10-14(21)4-6-17(13)22/h4-7,10-11,23H,3,8-9H2,1-2H3. The Bertz CT molecular complexity index is 1170. The number of hydrogen-bond acceptors (Lipinski definition) is 5. The molecule has 0 aliphatic carbocycles. The highest BCUT2D eigenvalue weighted by Crippen LogP contribution is 2.28. The fourth-order valence-electron chi connectivity index (χ4n) is 2.90. The lowest BCUT2D eigenvalue weighted by Gasteiger charge is -2.08. The summed E-state index contributed by atoms with van der Waals surface area (Å²) < 4.78 is 52.7. The van der Waals surface area contributed by atoms with Crippen molar-refractivity contribution in [2.45, 2.75) is 25.2 Å². The number of ether oxygens (including phenoxy) is 1. The van der Waals surface area contributed by atoms with Gasteiger partial charge in [-0.2, -0.15) is 0 Å². The van der Waals surface area contributed by atoms with Crippen LogP contribution in [0.2, 0.25) is 0 Å². The predicted octanol–water partition coefficient (Wildman–Crippen LogP) is 4.34. The zero-order valence-electron chi connectivity index (χ0n) is 15.8. The Balaban J connectivity index is 1.80. The Morgan fingerprint density at radius 1 is 1.24 bits per heavy atom. The van der Waals surface area contributed by atoms with E-state index in [0.717, 1.165) is 4.47 Å². The van der Waals surface area contributed by atoms with Crippen molar-refractivity contribution in [3.63, 3.8) is 0 Å². The number of hydrogen-bond donors (Lipinski definition) is 1. The van der Waals surface area contributed by atoms with E-state index in [-0.39, 0.29) is 30.2 Å². The third-order valence-electron chi connectivity index (χ3n) is 4.37. The van der Waals surface area contributed by atoms with Crippen LogP contribution in [0.1, 0.15) is 28.6 Å². The number of fused-ring (bicyclic) bond motifs is 1. The maximum atomic E-state index is 13.8. The molecule has 0 fully saturated rings. The Kier molecular flexibility index (Phi) is 6.40. The van der Waals surface area contributed by atoms with Crippen molar-refractivity contribution in [1.82, 2.24) is 4.72 Å². The van der Waals surface area contributed by atoms with E-state index in [9.17, 15) is 17.6 Å². The van der Waals surface area contributed by atoms with E-state index in [0.29, 0.717) is 22.1 Å². The zero-order chi connectivity index (χ0) is 21.2. The molecule has 1 N–H and O–H groups in total. The summed E-state index contributed by atoms with van der Waals surface area (Å²) in [6.07, 6.45) is 0.199. The van der Waals surface area contributed by atoms with Gasteiger partial charge in [-0.15, -0.1) is 0 Å². The first kappa shape index (κ1) is 21.5. The first-order valence-electron chi connectivity index (χ1n) is 8.86. The molecule has 0 amide bonds. The van der Waals surface area contributed by atoms with Gasteiger partial charge in [0.25, 0.3) is 0 Å². The summed E-state index contributed by atoms with van der Waals surface area (Å²) in [5.41, 5.74) is 1.30. The van der Waals surface area contributed by atoms with E-state index in [4.69, 9.17) is 9.15 Å². The summed E-state index contributed by atoms with van der Waals surface area (Å²) in [5, 5.41) is 0.508. The van der Waals surface area contributed by atoms with Crippen molar-refractivity contribution in [2.24, 2.45) is 0 Å². The topological polar surface area (TPSA) is 85.6 Å². The normalized spacial score (nSPS) is 11.7. The molecular formula is C20H19BrFNO5S. The number of aryl methyl sites for hydroxylation is 1. The number of sulfonamides is 1. The quantitative estimate of drug-likeness (QED) is 0.505. The van der Waals surface area contributed by atoms with E-state index < -0.39 is 21.8 Å². The number of halogens is 2. The van der Waals surface area contributed by atoms with Crippen molar-refractivity contribution in [2.75, 3.05) is 13.2 Å². The average molecular weight is 484 g/mol. The van der Waals surface area contributed by atoms with Gasteiger partial charge in [-0.05, 0) is 62.2 Å². The van der Waals surface area contributed by atoms with Crippen molar-refractivity contribution in [1.29, 1.82) is 0 Å². The van der Waals surface area contributed by atoms with Gasteiger partial charge in [0.1, 0.15) is 11.4 Å². The molecule has 0 radical (unpaired) electrons. The molecule has 29 heavy (non-hydrogen) atoms. The Labute approximate surface area is 176 Å². The molecule has 3 rings (SSSR count). The van der Waals surface area contributed by atoms with Gasteiger partial charge in [0.2, 0.25) is 15.8 Å². The Morgan fingerprint density at radius 2 is 2.00 bits per heavy atom. The number of carbonyl (C=O) groups is 1. The van der Waals surface area contributed by atoms with Crippen LogP contribution in [0.4, 0.5) is 4.39 Å². The van der Waals surface area contributed by atoms with Gasteiger partial charge in [-0.25, -0.2) is 22.3 Å². The van der Waals surface area contributed by atoms with Crippen LogP contribution in [-0.2, 0) is 21.2 Å². The third kappa shape index (κ3) is 4.68. The smallest absolute Gasteiger partial charge is 0.374 e. The second-order valence-corrected chi connectivity index (χ2v) is 9.00. The van der Waals surface area contributed by atoms with Crippen LogP contribution in [0.3, 0.4) is 0 Å². The number of carbonyl (C=O) groups excluding carboxylic acids is 1. The summed E-state index contributed by atoms with van der Waals surface area (Å²) in [6, 6.07) is 8.84. The van der Waals surface area contributed by atoms with Crippen LogP contribution in [0.25, 0.3) is 11.0 Å². The molecule has 3 aromatic rings. The van der Waals surface area contributed by atoms with Crippen molar-refractivity contribution in [3.8, 4) is 0 Å². The molecule has 1 aromatic heterocycles. The van der Waals surface area contributed by atoms with Crippen molar-refractivity contribution >= 4 is 42.9 Å². The fraction of sp³-hybridized carbons (Fsp3) is 0.250. The molecule has 0 saturated heterocycles. The summed E-state index contributed by atoms with van der Waals surface area (Å²) in [7, 11) is -3.82. The number of rotatable bonds is 7. The summed E-state index contributed by atoms with van der Waals surface area (Å²) in [6.45, 7) is 3.59. The van der Waals surface area contributed by atoms with Crippen LogP contribution < -0.4 is 4.72 Å². The fourth-order valence-corrected chi connectivity index (χ4v) is 4.36.